The predicted molar refractivity (Wildman–Crippen MR) is 123 cm³/mol. The van der Waals surface area contributed by atoms with Crippen molar-refractivity contribution in [2.75, 3.05) is 13.7 Å². The molecule has 2 aromatic carbocycles. The molecule has 9 heteroatoms. The smallest absolute Gasteiger partial charge is 0.316 e. The highest BCUT2D eigenvalue weighted by atomic mass is 19.1. The van der Waals surface area contributed by atoms with Crippen LogP contribution in [0, 0.1) is 12.7 Å². The van der Waals surface area contributed by atoms with Crippen LogP contribution in [-0.2, 0) is 12.8 Å². The Balaban J connectivity index is 1.28. The van der Waals surface area contributed by atoms with E-state index in [2.05, 4.69) is 19.9 Å². The van der Waals surface area contributed by atoms with E-state index in [1.807, 2.05) is 24.3 Å². The van der Waals surface area contributed by atoms with Crippen LogP contribution in [0.4, 0.5) is 4.39 Å². The van der Waals surface area contributed by atoms with Crippen LogP contribution in [0.2, 0.25) is 0 Å². The fourth-order valence-corrected chi connectivity index (χ4v) is 3.13. The lowest BCUT2D eigenvalue weighted by molar-refractivity contribution is 0.295. The van der Waals surface area contributed by atoms with Gasteiger partial charge in [-0.2, -0.15) is 0 Å². The number of hydrogen-bond donors (Lipinski definition) is 1. The number of nitrogens with one attached hydrogen (secondary N) is 1. The monoisotopic (exact) mass is 462 g/mol. The van der Waals surface area contributed by atoms with Gasteiger partial charge in [-0.05, 0) is 41.8 Å². The third-order valence-electron chi connectivity index (χ3n) is 5.04. The summed E-state index contributed by atoms with van der Waals surface area (Å²) in [6.07, 6.45) is 5.64. The van der Waals surface area contributed by atoms with Crippen molar-refractivity contribution < 1.29 is 18.6 Å². The van der Waals surface area contributed by atoms with Crippen LogP contribution >= 0.6 is 0 Å². The van der Waals surface area contributed by atoms with Crippen LogP contribution in [0.15, 0.2) is 65.8 Å². The molecular weight excluding hydrogens is 439 g/mol. The first kappa shape index (κ1) is 22.9. The number of rotatable bonds is 9. The van der Waals surface area contributed by atoms with Crippen LogP contribution in [0.3, 0.4) is 0 Å². The number of methoxy groups -OCH3 is 1. The molecule has 0 saturated heterocycles. The average molecular weight is 462 g/mol. The second kappa shape index (κ2) is 10.6. The van der Waals surface area contributed by atoms with Gasteiger partial charge < -0.3 is 14.2 Å². The van der Waals surface area contributed by atoms with E-state index < -0.39 is 0 Å². The molecule has 8 nitrogen and oxygen atoms in total. The molecule has 4 aromatic rings. The molecule has 174 valence electrons. The molecule has 2 aromatic heterocycles. The highest BCUT2D eigenvalue weighted by Gasteiger charge is 2.07. The summed E-state index contributed by atoms with van der Waals surface area (Å²) in [5.41, 5.74) is 2.54. The first-order valence-electron chi connectivity index (χ1n) is 10.6. The van der Waals surface area contributed by atoms with Crippen molar-refractivity contribution in [2.45, 2.75) is 19.8 Å². The van der Waals surface area contributed by atoms with Crippen LogP contribution in [0.1, 0.15) is 22.3 Å². The van der Waals surface area contributed by atoms with E-state index in [0.29, 0.717) is 42.1 Å². The zero-order chi connectivity index (χ0) is 23.9. The van der Waals surface area contributed by atoms with Gasteiger partial charge in [0.05, 0.1) is 13.7 Å². The molecule has 0 aliphatic carbocycles. The number of aryl methyl sites for hydroxylation is 1. The topological polar surface area (TPSA) is 99.2 Å². The van der Waals surface area contributed by atoms with Crippen molar-refractivity contribution in [1.29, 1.82) is 0 Å². The molecule has 0 unspecified atom stereocenters. The summed E-state index contributed by atoms with van der Waals surface area (Å²) in [5.74, 6) is 0.745. The molecule has 0 aliphatic heterocycles. The number of hydrogen-bond acceptors (Lipinski definition) is 7. The lowest BCUT2D eigenvalue weighted by atomic mass is 10.1. The molecule has 2 heterocycles. The van der Waals surface area contributed by atoms with Gasteiger partial charge >= 0.3 is 6.01 Å². The Hall–Kier alpha value is -4.27. The fraction of sp³-hybridized carbons (Fsp3) is 0.200. The lowest BCUT2D eigenvalue weighted by Gasteiger charge is -2.09. The summed E-state index contributed by atoms with van der Waals surface area (Å²) in [6, 6.07) is 12.6. The quantitative estimate of drug-likeness (QED) is 0.401. The summed E-state index contributed by atoms with van der Waals surface area (Å²) in [6.45, 7) is 2.03. The van der Waals surface area contributed by atoms with E-state index in [-0.39, 0.29) is 23.4 Å². The highest BCUT2D eigenvalue weighted by molar-refractivity contribution is 5.35. The molecule has 0 spiro atoms. The molecule has 4 rings (SSSR count). The third-order valence-corrected chi connectivity index (χ3v) is 5.04. The molecule has 0 fully saturated rings. The highest BCUT2D eigenvalue weighted by Crippen LogP contribution is 2.23. The van der Waals surface area contributed by atoms with Gasteiger partial charge in [0.2, 0.25) is 0 Å². The van der Waals surface area contributed by atoms with E-state index in [1.54, 1.807) is 31.5 Å². The van der Waals surface area contributed by atoms with E-state index in [1.165, 1.54) is 19.4 Å². The Labute approximate surface area is 195 Å². The lowest BCUT2D eigenvalue weighted by Crippen LogP contribution is -2.16. The Morgan fingerprint density at radius 2 is 1.68 bits per heavy atom. The fourth-order valence-electron chi connectivity index (χ4n) is 3.13. The average Bonchev–Trinajstić information content (AvgIpc) is 2.85. The summed E-state index contributed by atoms with van der Waals surface area (Å²) < 4.78 is 29.9. The molecule has 0 radical (unpaired) electrons. The minimum Gasteiger partial charge on any atom is -0.467 e. The Morgan fingerprint density at radius 1 is 0.941 bits per heavy atom. The maximum atomic E-state index is 13.7. The standard InChI is InChI=1S/C25H23FN4O4/c1-16-3-6-21(12-22(16)26)34-20-7-4-17(5-8-20)9-10-33-25-29-15-19(23(31)30-25)11-18-13-27-24(32-2)28-14-18/h3-8,12-15H,9-11H2,1-2H3,(H,29,30,31). The van der Waals surface area contributed by atoms with E-state index >= 15 is 0 Å². The number of aromatic amines is 1. The summed E-state index contributed by atoms with van der Waals surface area (Å²) in [7, 11) is 1.49. The Bertz CT molecular complexity index is 1310. The second-order valence-electron chi connectivity index (χ2n) is 7.55. The van der Waals surface area contributed by atoms with Crippen molar-refractivity contribution in [2.24, 2.45) is 0 Å². The van der Waals surface area contributed by atoms with Gasteiger partial charge in [-0.15, -0.1) is 0 Å². The van der Waals surface area contributed by atoms with Crippen molar-refractivity contribution >= 4 is 0 Å². The molecule has 0 saturated carbocycles. The molecular formula is C25H23FN4O4. The minimum atomic E-state index is -0.305. The molecule has 0 amide bonds. The predicted octanol–water partition coefficient (Wildman–Crippen LogP) is 4.02. The van der Waals surface area contributed by atoms with Crippen LogP contribution in [0.25, 0.3) is 0 Å². The maximum absolute atomic E-state index is 13.7. The van der Waals surface area contributed by atoms with Crippen molar-refractivity contribution in [3.63, 3.8) is 0 Å². The Morgan fingerprint density at radius 3 is 2.35 bits per heavy atom. The maximum Gasteiger partial charge on any atom is 0.316 e. The molecule has 0 atom stereocenters. The summed E-state index contributed by atoms with van der Waals surface area (Å²) in [4.78, 5) is 27.2. The summed E-state index contributed by atoms with van der Waals surface area (Å²) >= 11 is 0. The minimum absolute atomic E-state index is 0.154. The van der Waals surface area contributed by atoms with Crippen molar-refractivity contribution in [1.82, 2.24) is 19.9 Å². The van der Waals surface area contributed by atoms with Gasteiger partial charge in [0.25, 0.3) is 11.6 Å². The molecule has 0 aliphatic rings. The number of nitrogens with zero attached hydrogens (tertiary/aromatic N) is 3. The zero-order valence-corrected chi connectivity index (χ0v) is 18.7. The zero-order valence-electron chi connectivity index (χ0n) is 18.7. The van der Waals surface area contributed by atoms with E-state index in [0.717, 1.165) is 11.1 Å². The van der Waals surface area contributed by atoms with Gasteiger partial charge in [0.1, 0.15) is 17.3 Å². The van der Waals surface area contributed by atoms with Gasteiger partial charge in [0.15, 0.2) is 0 Å². The number of H-pyrrole nitrogens is 1. The Kier molecular flexibility index (Phi) is 7.12. The molecule has 0 bridgehead atoms. The third kappa shape index (κ3) is 5.94. The van der Waals surface area contributed by atoms with Gasteiger partial charge in [-0.3, -0.25) is 9.78 Å². The molecule has 1 N–H and O–H groups in total. The van der Waals surface area contributed by atoms with Gasteiger partial charge in [0, 0.05) is 43.1 Å². The first-order valence-corrected chi connectivity index (χ1v) is 10.6. The number of halogens is 1. The number of benzene rings is 2. The van der Waals surface area contributed by atoms with E-state index in [9.17, 15) is 9.18 Å². The second-order valence-corrected chi connectivity index (χ2v) is 7.55. The summed E-state index contributed by atoms with van der Waals surface area (Å²) in [5, 5.41) is 0. The largest absolute Gasteiger partial charge is 0.467 e. The van der Waals surface area contributed by atoms with E-state index in [4.69, 9.17) is 14.2 Å². The van der Waals surface area contributed by atoms with Gasteiger partial charge in [-0.25, -0.2) is 19.3 Å². The number of ether oxygens (including phenoxy) is 3. The van der Waals surface area contributed by atoms with Crippen LogP contribution in [-0.4, -0.2) is 33.7 Å². The normalized spacial score (nSPS) is 10.7. The van der Waals surface area contributed by atoms with Crippen molar-refractivity contribution in [3.8, 4) is 23.5 Å². The van der Waals surface area contributed by atoms with Crippen LogP contribution in [0.5, 0.6) is 23.5 Å². The number of aromatic nitrogens is 4. The first-order chi connectivity index (χ1) is 16.5. The molecule has 34 heavy (non-hydrogen) atoms. The van der Waals surface area contributed by atoms with Crippen molar-refractivity contribution in [3.05, 3.63) is 99.5 Å². The van der Waals surface area contributed by atoms with Gasteiger partial charge in [-0.1, -0.05) is 18.2 Å². The van der Waals surface area contributed by atoms with Crippen LogP contribution < -0.4 is 19.8 Å². The SMILES string of the molecule is COc1ncc(Cc2cnc(OCCc3ccc(Oc4ccc(C)c(F)c4)cc3)[nH]c2=O)cn1.